The van der Waals surface area contributed by atoms with E-state index in [1.807, 2.05) is 39.0 Å². The van der Waals surface area contributed by atoms with Crippen molar-refractivity contribution in [2.24, 2.45) is 5.41 Å². The number of hydrogen-bond donors (Lipinski definition) is 2. The van der Waals surface area contributed by atoms with Gasteiger partial charge in [0.25, 0.3) is 0 Å². The van der Waals surface area contributed by atoms with Crippen LogP contribution in [-0.2, 0) is 4.79 Å². The Labute approximate surface area is 113 Å². The number of carbonyl (C=O) groups excluding carboxylic acids is 1. The Morgan fingerprint density at radius 1 is 1.32 bits per heavy atom. The second-order valence-electron chi connectivity index (χ2n) is 5.89. The van der Waals surface area contributed by atoms with E-state index in [2.05, 4.69) is 10.3 Å². The van der Waals surface area contributed by atoms with Crippen LogP contribution in [0.15, 0.2) is 30.5 Å². The van der Waals surface area contributed by atoms with Crippen molar-refractivity contribution in [1.82, 2.24) is 4.98 Å². The molecule has 0 aliphatic carbocycles. The SMILES string of the molecule is CC(C)(C)CC(=O)Nc1ccc(N)c2ncccc12. The lowest BCUT2D eigenvalue weighted by atomic mass is 9.92. The van der Waals surface area contributed by atoms with E-state index in [-0.39, 0.29) is 11.3 Å². The van der Waals surface area contributed by atoms with Gasteiger partial charge in [0.15, 0.2) is 0 Å². The maximum Gasteiger partial charge on any atom is 0.224 e. The van der Waals surface area contributed by atoms with Crippen molar-refractivity contribution < 1.29 is 4.79 Å². The molecule has 0 bridgehead atoms. The first-order valence-corrected chi connectivity index (χ1v) is 6.30. The summed E-state index contributed by atoms with van der Waals surface area (Å²) in [7, 11) is 0. The summed E-state index contributed by atoms with van der Waals surface area (Å²) >= 11 is 0. The highest BCUT2D eigenvalue weighted by molar-refractivity contribution is 6.04. The number of rotatable bonds is 2. The Morgan fingerprint density at radius 3 is 2.74 bits per heavy atom. The first-order chi connectivity index (χ1) is 8.87. The lowest BCUT2D eigenvalue weighted by Gasteiger charge is -2.18. The number of benzene rings is 1. The van der Waals surface area contributed by atoms with Gasteiger partial charge in [0, 0.05) is 18.0 Å². The van der Waals surface area contributed by atoms with E-state index in [0.717, 1.165) is 16.6 Å². The molecule has 0 radical (unpaired) electrons. The van der Waals surface area contributed by atoms with E-state index in [9.17, 15) is 4.79 Å². The van der Waals surface area contributed by atoms with Crippen molar-refractivity contribution in [3.63, 3.8) is 0 Å². The minimum absolute atomic E-state index is 0.00224. The summed E-state index contributed by atoms with van der Waals surface area (Å²) in [5, 5.41) is 3.80. The van der Waals surface area contributed by atoms with Crippen LogP contribution in [0.3, 0.4) is 0 Å². The number of amides is 1. The molecule has 2 aromatic rings. The maximum atomic E-state index is 12.0. The second kappa shape index (κ2) is 4.88. The third-order valence-electron chi connectivity index (χ3n) is 2.77. The third kappa shape index (κ3) is 3.22. The molecule has 0 spiro atoms. The molecule has 4 heteroatoms. The fourth-order valence-electron chi connectivity index (χ4n) is 1.98. The number of nitrogens with one attached hydrogen (secondary N) is 1. The van der Waals surface area contributed by atoms with Crippen molar-refractivity contribution in [3.8, 4) is 0 Å². The van der Waals surface area contributed by atoms with Gasteiger partial charge in [0.2, 0.25) is 5.91 Å². The molecule has 1 heterocycles. The number of pyridine rings is 1. The van der Waals surface area contributed by atoms with E-state index in [0.29, 0.717) is 12.1 Å². The lowest BCUT2D eigenvalue weighted by molar-refractivity contribution is -0.117. The fourth-order valence-corrected chi connectivity index (χ4v) is 1.98. The van der Waals surface area contributed by atoms with Gasteiger partial charge in [-0.05, 0) is 29.7 Å². The highest BCUT2D eigenvalue weighted by atomic mass is 16.1. The highest BCUT2D eigenvalue weighted by Gasteiger charge is 2.16. The summed E-state index contributed by atoms with van der Waals surface area (Å²) < 4.78 is 0. The Balaban J connectivity index is 2.31. The average Bonchev–Trinajstić information content (AvgIpc) is 2.31. The van der Waals surface area contributed by atoms with Gasteiger partial charge in [-0.1, -0.05) is 20.8 Å². The zero-order valence-electron chi connectivity index (χ0n) is 11.5. The number of hydrogen-bond acceptors (Lipinski definition) is 3. The normalized spacial score (nSPS) is 11.5. The summed E-state index contributed by atoms with van der Waals surface area (Å²) in [6.45, 7) is 6.11. The Morgan fingerprint density at radius 2 is 2.05 bits per heavy atom. The van der Waals surface area contributed by atoms with Crippen LogP contribution in [0.5, 0.6) is 0 Å². The van der Waals surface area contributed by atoms with Gasteiger partial charge in [-0.25, -0.2) is 0 Å². The highest BCUT2D eigenvalue weighted by Crippen LogP contribution is 2.27. The molecule has 0 saturated carbocycles. The maximum absolute atomic E-state index is 12.0. The minimum atomic E-state index is -0.0358. The standard InChI is InChI=1S/C15H19N3O/c1-15(2,3)9-13(19)18-12-7-6-11(16)14-10(12)5-4-8-17-14/h4-8H,9,16H2,1-3H3,(H,18,19). The topological polar surface area (TPSA) is 68.0 Å². The number of carbonyl (C=O) groups is 1. The summed E-state index contributed by atoms with van der Waals surface area (Å²) in [6.07, 6.45) is 2.17. The van der Waals surface area contributed by atoms with E-state index in [1.165, 1.54) is 0 Å². The van der Waals surface area contributed by atoms with E-state index < -0.39 is 0 Å². The van der Waals surface area contributed by atoms with Crippen molar-refractivity contribution in [3.05, 3.63) is 30.5 Å². The molecule has 0 saturated heterocycles. The monoisotopic (exact) mass is 257 g/mol. The number of nitrogens with two attached hydrogens (primary N) is 1. The second-order valence-corrected chi connectivity index (χ2v) is 5.89. The van der Waals surface area contributed by atoms with Crippen molar-refractivity contribution in [2.75, 3.05) is 11.1 Å². The number of aromatic nitrogens is 1. The first-order valence-electron chi connectivity index (χ1n) is 6.30. The Hall–Kier alpha value is -2.10. The third-order valence-corrected chi connectivity index (χ3v) is 2.77. The molecule has 1 aromatic heterocycles. The molecule has 2 rings (SSSR count). The zero-order valence-corrected chi connectivity index (χ0v) is 11.5. The molecular formula is C15H19N3O. The van der Waals surface area contributed by atoms with Crippen molar-refractivity contribution >= 4 is 28.2 Å². The first kappa shape index (κ1) is 13.3. The van der Waals surface area contributed by atoms with Crippen LogP contribution in [0, 0.1) is 5.41 Å². The molecule has 0 atom stereocenters. The number of fused-ring (bicyclic) bond motifs is 1. The molecule has 3 N–H and O–H groups in total. The van der Waals surface area contributed by atoms with E-state index in [4.69, 9.17) is 5.73 Å². The molecule has 4 nitrogen and oxygen atoms in total. The summed E-state index contributed by atoms with van der Waals surface area (Å²) in [4.78, 5) is 16.2. The van der Waals surface area contributed by atoms with Crippen molar-refractivity contribution in [1.29, 1.82) is 0 Å². The average molecular weight is 257 g/mol. The number of anilines is 2. The molecule has 0 fully saturated rings. The Kier molecular flexibility index (Phi) is 3.42. The van der Waals surface area contributed by atoms with E-state index in [1.54, 1.807) is 12.3 Å². The molecule has 1 aromatic carbocycles. The molecule has 0 aliphatic rings. The summed E-state index contributed by atoms with van der Waals surface area (Å²) in [5.41, 5.74) is 7.94. The summed E-state index contributed by atoms with van der Waals surface area (Å²) in [5.74, 6) is 0.00224. The number of nitrogen functional groups attached to an aromatic ring is 1. The molecule has 100 valence electrons. The van der Waals surface area contributed by atoms with Crippen LogP contribution in [-0.4, -0.2) is 10.9 Å². The van der Waals surface area contributed by atoms with Gasteiger partial charge in [-0.3, -0.25) is 9.78 Å². The smallest absolute Gasteiger partial charge is 0.224 e. The van der Waals surface area contributed by atoms with Gasteiger partial charge in [0.1, 0.15) is 0 Å². The molecule has 0 aliphatic heterocycles. The van der Waals surface area contributed by atoms with Crippen molar-refractivity contribution in [2.45, 2.75) is 27.2 Å². The molecule has 19 heavy (non-hydrogen) atoms. The Bertz CT molecular complexity index is 614. The van der Waals surface area contributed by atoms with Gasteiger partial charge in [-0.15, -0.1) is 0 Å². The van der Waals surface area contributed by atoms with Crippen LogP contribution >= 0.6 is 0 Å². The number of nitrogens with zero attached hydrogens (tertiary/aromatic N) is 1. The van der Waals surface area contributed by atoms with Gasteiger partial charge in [0.05, 0.1) is 16.9 Å². The van der Waals surface area contributed by atoms with Gasteiger partial charge < -0.3 is 11.1 Å². The quantitative estimate of drug-likeness (QED) is 0.812. The van der Waals surface area contributed by atoms with Gasteiger partial charge in [-0.2, -0.15) is 0 Å². The fraction of sp³-hybridized carbons (Fsp3) is 0.333. The lowest BCUT2D eigenvalue weighted by Crippen LogP contribution is -2.19. The molecular weight excluding hydrogens is 238 g/mol. The van der Waals surface area contributed by atoms with E-state index >= 15 is 0 Å². The minimum Gasteiger partial charge on any atom is -0.397 e. The molecule has 1 amide bonds. The van der Waals surface area contributed by atoms with Crippen LogP contribution in [0.4, 0.5) is 11.4 Å². The summed E-state index contributed by atoms with van der Waals surface area (Å²) in [6, 6.07) is 7.33. The largest absolute Gasteiger partial charge is 0.397 e. The van der Waals surface area contributed by atoms with Crippen LogP contribution in [0.1, 0.15) is 27.2 Å². The van der Waals surface area contributed by atoms with Crippen LogP contribution in [0.2, 0.25) is 0 Å². The van der Waals surface area contributed by atoms with Gasteiger partial charge >= 0.3 is 0 Å². The zero-order chi connectivity index (χ0) is 14.0. The van der Waals surface area contributed by atoms with Crippen LogP contribution in [0.25, 0.3) is 10.9 Å². The van der Waals surface area contributed by atoms with Crippen LogP contribution < -0.4 is 11.1 Å². The molecule has 0 unspecified atom stereocenters. The predicted octanol–water partition coefficient (Wildman–Crippen LogP) is 3.19. The predicted molar refractivity (Wildman–Crippen MR) is 78.9 cm³/mol.